The predicted molar refractivity (Wildman–Crippen MR) is 184 cm³/mol. The molecule has 2 nitrogen and oxygen atoms in total. The largest absolute Gasteiger partial charge is 0.456 e. The molecule has 0 saturated heterocycles. The molecule has 0 aliphatic rings. The Balaban J connectivity index is 1.26. The molecule has 0 aliphatic carbocycles. The summed E-state index contributed by atoms with van der Waals surface area (Å²) in [6, 6.07) is 54.4. The lowest BCUT2D eigenvalue weighted by Crippen LogP contribution is -2.10. The zero-order chi connectivity index (χ0) is 28.3. The second-order valence-electron chi connectivity index (χ2n) is 11.0. The lowest BCUT2D eigenvalue weighted by molar-refractivity contribution is 0.669. The van der Waals surface area contributed by atoms with Crippen molar-refractivity contribution in [2.75, 3.05) is 4.90 Å². The van der Waals surface area contributed by atoms with Gasteiger partial charge in [-0.2, -0.15) is 0 Å². The van der Waals surface area contributed by atoms with Gasteiger partial charge in [0, 0.05) is 54.1 Å². The normalized spacial score (nSPS) is 11.7. The van der Waals surface area contributed by atoms with E-state index in [0.29, 0.717) is 0 Å². The molecule has 0 atom stereocenters. The summed E-state index contributed by atoms with van der Waals surface area (Å²) in [5, 5.41) is 7.36. The van der Waals surface area contributed by atoms with Gasteiger partial charge in [0.25, 0.3) is 0 Å². The van der Waals surface area contributed by atoms with E-state index in [-0.39, 0.29) is 0 Å². The number of nitrogens with zero attached hydrogens (tertiary/aromatic N) is 1. The summed E-state index contributed by atoms with van der Waals surface area (Å²) in [6.07, 6.45) is 0. The van der Waals surface area contributed by atoms with Crippen LogP contribution in [-0.4, -0.2) is 0 Å². The lowest BCUT2D eigenvalue weighted by atomic mass is 10.0. The van der Waals surface area contributed by atoms with Crippen molar-refractivity contribution in [1.82, 2.24) is 0 Å². The molecule has 202 valence electrons. The minimum Gasteiger partial charge on any atom is -0.456 e. The Morgan fingerprint density at radius 3 is 2.05 bits per heavy atom. The van der Waals surface area contributed by atoms with E-state index < -0.39 is 0 Å². The van der Waals surface area contributed by atoms with Gasteiger partial charge in [0.1, 0.15) is 11.2 Å². The fourth-order valence-corrected chi connectivity index (χ4v) is 7.49. The van der Waals surface area contributed by atoms with Crippen molar-refractivity contribution in [3.05, 3.63) is 152 Å². The number of benzene rings is 7. The van der Waals surface area contributed by atoms with Crippen LogP contribution in [0.3, 0.4) is 0 Å². The molecule has 43 heavy (non-hydrogen) atoms. The minimum absolute atomic E-state index is 0.884. The summed E-state index contributed by atoms with van der Waals surface area (Å²) < 4.78 is 8.98. The number of thiophene rings is 1. The molecule has 0 bridgehead atoms. The summed E-state index contributed by atoms with van der Waals surface area (Å²) in [5.74, 6) is 0. The van der Waals surface area contributed by atoms with Gasteiger partial charge in [0.05, 0.1) is 0 Å². The monoisotopic (exact) mass is 567 g/mol. The second-order valence-corrected chi connectivity index (χ2v) is 12.1. The van der Waals surface area contributed by atoms with Gasteiger partial charge in [-0.15, -0.1) is 11.3 Å². The summed E-state index contributed by atoms with van der Waals surface area (Å²) in [7, 11) is 0. The summed E-state index contributed by atoms with van der Waals surface area (Å²) in [5.41, 5.74) is 7.42. The maximum absolute atomic E-state index is 6.33. The van der Waals surface area contributed by atoms with Crippen LogP contribution in [0.25, 0.3) is 64.0 Å². The average molecular weight is 568 g/mol. The number of furan rings is 1. The smallest absolute Gasteiger partial charge is 0.137 e. The number of para-hydroxylation sites is 1. The third-order valence-electron chi connectivity index (χ3n) is 8.41. The molecule has 9 rings (SSSR count). The number of hydrogen-bond donors (Lipinski definition) is 0. The van der Waals surface area contributed by atoms with Crippen molar-refractivity contribution in [3.8, 4) is 11.1 Å². The fourth-order valence-electron chi connectivity index (χ4n) is 6.35. The van der Waals surface area contributed by atoms with Crippen molar-refractivity contribution in [3.63, 3.8) is 0 Å². The highest BCUT2D eigenvalue weighted by molar-refractivity contribution is 7.25. The van der Waals surface area contributed by atoms with E-state index in [1.54, 1.807) is 0 Å². The lowest BCUT2D eigenvalue weighted by Gasteiger charge is -2.26. The van der Waals surface area contributed by atoms with Crippen LogP contribution in [0, 0.1) is 0 Å². The van der Waals surface area contributed by atoms with E-state index >= 15 is 0 Å². The van der Waals surface area contributed by atoms with Gasteiger partial charge in [-0.3, -0.25) is 0 Å². The molecule has 0 radical (unpaired) electrons. The van der Waals surface area contributed by atoms with Crippen LogP contribution in [0.2, 0.25) is 0 Å². The molecular weight excluding hydrogens is 543 g/mol. The number of hydrogen-bond acceptors (Lipinski definition) is 3. The molecule has 0 aliphatic heterocycles. The Kier molecular flexibility index (Phi) is 5.40. The second kappa shape index (κ2) is 9.59. The zero-order valence-electron chi connectivity index (χ0n) is 23.2. The number of fused-ring (bicyclic) bond motifs is 7. The third-order valence-corrected chi connectivity index (χ3v) is 9.54. The van der Waals surface area contributed by atoms with Gasteiger partial charge < -0.3 is 9.32 Å². The van der Waals surface area contributed by atoms with Gasteiger partial charge in [-0.25, -0.2) is 0 Å². The van der Waals surface area contributed by atoms with Crippen LogP contribution in [0.15, 0.2) is 156 Å². The molecule has 0 unspecified atom stereocenters. The first kappa shape index (κ1) is 24.2. The fraction of sp³-hybridized carbons (Fsp3) is 0. The molecule has 0 amide bonds. The van der Waals surface area contributed by atoms with Gasteiger partial charge in [0.15, 0.2) is 0 Å². The van der Waals surface area contributed by atoms with Crippen molar-refractivity contribution in [1.29, 1.82) is 0 Å². The Morgan fingerprint density at radius 1 is 0.395 bits per heavy atom. The first-order valence-corrected chi connectivity index (χ1v) is 15.3. The van der Waals surface area contributed by atoms with Crippen LogP contribution in [0.5, 0.6) is 0 Å². The average Bonchev–Trinajstić information content (AvgIpc) is 3.62. The molecule has 7 aromatic carbocycles. The van der Waals surface area contributed by atoms with Crippen LogP contribution in [-0.2, 0) is 0 Å². The molecule has 0 spiro atoms. The van der Waals surface area contributed by atoms with Crippen LogP contribution in [0.4, 0.5) is 17.1 Å². The van der Waals surface area contributed by atoms with Crippen LogP contribution < -0.4 is 4.90 Å². The van der Waals surface area contributed by atoms with Crippen LogP contribution in [0.1, 0.15) is 0 Å². The van der Waals surface area contributed by atoms with Crippen molar-refractivity contribution in [2.45, 2.75) is 0 Å². The molecule has 3 heteroatoms. The van der Waals surface area contributed by atoms with Gasteiger partial charge >= 0.3 is 0 Å². The summed E-state index contributed by atoms with van der Waals surface area (Å²) in [4.78, 5) is 2.34. The van der Waals surface area contributed by atoms with E-state index in [4.69, 9.17) is 4.42 Å². The molecule has 0 saturated carbocycles. The first-order valence-electron chi connectivity index (χ1n) is 14.5. The highest BCUT2D eigenvalue weighted by Gasteiger charge is 2.17. The molecule has 9 aromatic rings. The Labute approximate surface area is 252 Å². The topological polar surface area (TPSA) is 16.4 Å². The van der Waals surface area contributed by atoms with Crippen molar-refractivity contribution >= 4 is 81.3 Å². The van der Waals surface area contributed by atoms with Crippen molar-refractivity contribution in [2.24, 2.45) is 0 Å². The standard InChI is InChI=1S/C40H25NOS/c1-2-9-26(10-3-1)27-11-8-12-30(21-27)41(32-19-20-34-33-13-4-6-15-37(33)42-38(34)25-32)31-18-17-28-24-40-36(23-29(28)22-31)35-14-5-7-16-39(35)43-40/h1-25H. The molecular formula is C40H25NOS. The third kappa shape index (κ3) is 4.01. The van der Waals surface area contributed by atoms with Crippen LogP contribution >= 0.6 is 11.3 Å². The molecule has 2 aromatic heterocycles. The summed E-state index contributed by atoms with van der Waals surface area (Å²) in [6.45, 7) is 0. The number of rotatable bonds is 4. The maximum atomic E-state index is 6.33. The summed E-state index contributed by atoms with van der Waals surface area (Å²) >= 11 is 1.86. The zero-order valence-corrected chi connectivity index (χ0v) is 24.0. The first-order chi connectivity index (χ1) is 21.3. The SMILES string of the molecule is c1ccc(-c2cccc(N(c3ccc4cc5sc6ccccc6c5cc4c3)c3ccc4c(c3)oc3ccccc34)c2)cc1. The van der Waals surface area contributed by atoms with Crippen molar-refractivity contribution < 1.29 is 4.42 Å². The minimum atomic E-state index is 0.884. The Bertz CT molecular complexity index is 2470. The Morgan fingerprint density at radius 2 is 1.12 bits per heavy atom. The molecule has 2 heterocycles. The molecule has 0 N–H and O–H groups in total. The highest BCUT2D eigenvalue weighted by atomic mass is 32.1. The van der Waals surface area contributed by atoms with Gasteiger partial charge in [-0.05, 0) is 82.6 Å². The Hall–Kier alpha value is -5.38. The van der Waals surface area contributed by atoms with E-state index in [2.05, 4.69) is 144 Å². The van der Waals surface area contributed by atoms with E-state index in [0.717, 1.165) is 39.0 Å². The number of anilines is 3. The quantitative estimate of drug-likeness (QED) is 0.210. The predicted octanol–water partition coefficient (Wildman–Crippen LogP) is 12.2. The van der Waals surface area contributed by atoms with E-state index in [1.807, 2.05) is 23.5 Å². The van der Waals surface area contributed by atoms with Gasteiger partial charge in [-0.1, -0.05) is 84.9 Å². The van der Waals surface area contributed by atoms with Gasteiger partial charge in [0.2, 0.25) is 0 Å². The van der Waals surface area contributed by atoms with E-state index in [1.165, 1.54) is 42.1 Å². The van der Waals surface area contributed by atoms with E-state index in [9.17, 15) is 0 Å². The maximum Gasteiger partial charge on any atom is 0.137 e. The highest BCUT2D eigenvalue weighted by Crippen LogP contribution is 2.42. The molecule has 0 fully saturated rings.